The van der Waals surface area contributed by atoms with E-state index in [0.29, 0.717) is 24.2 Å². The second-order valence-corrected chi connectivity index (χ2v) is 6.03. The molecule has 1 unspecified atom stereocenters. The van der Waals surface area contributed by atoms with Crippen LogP contribution in [0.3, 0.4) is 0 Å². The zero-order valence-corrected chi connectivity index (χ0v) is 14.2. The van der Waals surface area contributed by atoms with E-state index < -0.39 is 0 Å². The van der Waals surface area contributed by atoms with Crippen molar-refractivity contribution >= 4 is 11.7 Å². The van der Waals surface area contributed by atoms with Gasteiger partial charge in [0.2, 0.25) is 5.88 Å². The fourth-order valence-corrected chi connectivity index (χ4v) is 2.95. The Labute approximate surface area is 138 Å². The van der Waals surface area contributed by atoms with Crippen molar-refractivity contribution in [2.24, 2.45) is 0 Å². The zero-order valence-electron chi connectivity index (χ0n) is 14.2. The number of nitrogens with zero attached hydrogens (tertiary/aromatic N) is 2. The predicted molar refractivity (Wildman–Crippen MR) is 91.9 cm³/mol. The number of rotatable bonds is 7. The number of likely N-dealkylation sites (tertiary alicyclic amines) is 1. The summed E-state index contributed by atoms with van der Waals surface area (Å²) in [5.41, 5.74) is 0.578. The minimum Gasteiger partial charge on any atom is -0.480 e. The molecule has 2 rings (SSSR count). The van der Waals surface area contributed by atoms with Gasteiger partial charge in [0.1, 0.15) is 5.69 Å². The first-order chi connectivity index (χ1) is 11.2. The van der Waals surface area contributed by atoms with Crippen LogP contribution in [0.4, 0.5) is 10.5 Å². The van der Waals surface area contributed by atoms with E-state index in [2.05, 4.69) is 27.4 Å². The first-order valence-electron chi connectivity index (χ1n) is 8.48. The number of carbonyl (C=O) groups excluding carboxylic acids is 1. The number of urea groups is 1. The number of pyridine rings is 1. The number of hydrogen-bond acceptors (Lipinski definition) is 4. The highest BCUT2D eigenvalue weighted by Crippen LogP contribution is 2.19. The number of hydrogen-bond donors (Lipinski definition) is 2. The SMILES string of the molecule is COc1ncccc1NC(=O)NCCCCN1CCCCC1C. The molecule has 23 heavy (non-hydrogen) atoms. The molecule has 1 fully saturated rings. The van der Waals surface area contributed by atoms with Gasteiger partial charge in [0, 0.05) is 18.8 Å². The summed E-state index contributed by atoms with van der Waals surface area (Å²) < 4.78 is 5.11. The Morgan fingerprint density at radius 3 is 3.09 bits per heavy atom. The maximum atomic E-state index is 11.9. The fourth-order valence-electron chi connectivity index (χ4n) is 2.95. The number of anilines is 1. The van der Waals surface area contributed by atoms with Gasteiger partial charge in [-0.05, 0) is 57.8 Å². The van der Waals surface area contributed by atoms with Gasteiger partial charge in [-0.1, -0.05) is 6.42 Å². The summed E-state index contributed by atoms with van der Waals surface area (Å²) in [7, 11) is 1.53. The van der Waals surface area contributed by atoms with Gasteiger partial charge in [-0.2, -0.15) is 0 Å². The number of methoxy groups -OCH3 is 1. The lowest BCUT2D eigenvalue weighted by molar-refractivity contribution is 0.158. The lowest BCUT2D eigenvalue weighted by Crippen LogP contribution is -2.38. The lowest BCUT2D eigenvalue weighted by atomic mass is 10.0. The molecule has 6 heteroatoms. The molecule has 1 saturated heterocycles. The second-order valence-electron chi connectivity index (χ2n) is 6.03. The normalized spacial score (nSPS) is 18.4. The molecule has 1 aromatic heterocycles. The molecule has 128 valence electrons. The van der Waals surface area contributed by atoms with E-state index in [1.54, 1.807) is 18.3 Å². The van der Waals surface area contributed by atoms with Crippen molar-refractivity contribution in [1.29, 1.82) is 0 Å². The highest BCUT2D eigenvalue weighted by Gasteiger charge is 2.17. The van der Waals surface area contributed by atoms with Crippen LogP contribution in [0.15, 0.2) is 18.3 Å². The molecule has 0 bridgehead atoms. The molecule has 6 nitrogen and oxygen atoms in total. The van der Waals surface area contributed by atoms with Crippen molar-refractivity contribution in [3.05, 3.63) is 18.3 Å². The van der Waals surface area contributed by atoms with Crippen molar-refractivity contribution in [2.45, 2.75) is 45.1 Å². The van der Waals surface area contributed by atoms with Crippen LogP contribution in [0.5, 0.6) is 5.88 Å². The quantitative estimate of drug-likeness (QED) is 0.758. The first-order valence-corrected chi connectivity index (χ1v) is 8.48. The standard InChI is InChI=1S/C17H28N4O2/c1-14-8-3-5-12-21(14)13-6-4-10-19-17(22)20-15-9-7-11-18-16(15)23-2/h7,9,11,14H,3-6,8,10,12-13H2,1-2H3,(H2,19,20,22). The Kier molecular flexibility index (Phi) is 7.13. The molecule has 1 aliphatic heterocycles. The van der Waals surface area contributed by atoms with Gasteiger partial charge < -0.3 is 20.3 Å². The minimum atomic E-state index is -0.220. The highest BCUT2D eigenvalue weighted by molar-refractivity contribution is 5.90. The lowest BCUT2D eigenvalue weighted by Gasteiger charge is -2.33. The molecule has 1 aromatic rings. The summed E-state index contributed by atoms with van der Waals surface area (Å²) in [5, 5.41) is 5.64. The third-order valence-corrected chi connectivity index (χ3v) is 4.31. The fraction of sp³-hybridized carbons (Fsp3) is 0.647. The Morgan fingerprint density at radius 2 is 2.30 bits per heavy atom. The van der Waals surface area contributed by atoms with E-state index in [1.807, 2.05) is 0 Å². The smallest absolute Gasteiger partial charge is 0.319 e. The van der Waals surface area contributed by atoms with Gasteiger partial charge in [-0.3, -0.25) is 0 Å². The maximum absolute atomic E-state index is 11.9. The molecule has 2 N–H and O–H groups in total. The average molecular weight is 320 g/mol. The average Bonchev–Trinajstić information content (AvgIpc) is 2.56. The van der Waals surface area contributed by atoms with Crippen molar-refractivity contribution < 1.29 is 9.53 Å². The van der Waals surface area contributed by atoms with Gasteiger partial charge in [-0.25, -0.2) is 9.78 Å². The van der Waals surface area contributed by atoms with Crippen molar-refractivity contribution in [3.63, 3.8) is 0 Å². The molecule has 1 aliphatic rings. The molecule has 0 aromatic carbocycles. The van der Waals surface area contributed by atoms with Gasteiger partial charge in [-0.15, -0.1) is 0 Å². The summed E-state index contributed by atoms with van der Waals surface area (Å²) in [6.45, 7) is 5.33. The van der Waals surface area contributed by atoms with Crippen LogP contribution in [-0.4, -0.2) is 48.7 Å². The molecule has 2 heterocycles. The van der Waals surface area contributed by atoms with E-state index in [1.165, 1.54) is 32.9 Å². The summed E-state index contributed by atoms with van der Waals surface area (Å²) in [6, 6.07) is 4.02. The molecule has 0 aliphatic carbocycles. The van der Waals surface area contributed by atoms with Crippen LogP contribution in [-0.2, 0) is 0 Å². The van der Waals surface area contributed by atoms with Gasteiger partial charge in [0.05, 0.1) is 7.11 Å². The molecular weight excluding hydrogens is 292 g/mol. The van der Waals surface area contributed by atoms with Gasteiger partial charge >= 0.3 is 6.03 Å². The summed E-state index contributed by atoms with van der Waals surface area (Å²) in [4.78, 5) is 18.5. The highest BCUT2D eigenvalue weighted by atomic mass is 16.5. The van der Waals surface area contributed by atoms with Crippen molar-refractivity contribution in [1.82, 2.24) is 15.2 Å². The number of amides is 2. The van der Waals surface area contributed by atoms with Crippen molar-refractivity contribution in [3.8, 4) is 5.88 Å². The van der Waals surface area contributed by atoms with Gasteiger partial charge in [0.15, 0.2) is 0 Å². The molecule has 0 spiro atoms. The van der Waals surface area contributed by atoms with Crippen LogP contribution in [0, 0.1) is 0 Å². The van der Waals surface area contributed by atoms with E-state index in [4.69, 9.17) is 4.74 Å². The number of nitrogens with one attached hydrogen (secondary N) is 2. The number of aromatic nitrogens is 1. The minimum absolute atomic E-state index is 0.220. The molecular formula is C17H28N4O2. The van der Waals surface area contributed by atoms with E-state index in [9.17, 15) is 4.79 Å². The van der Waals surface area contributed by atoms with Gasteiger partial charge in [0.25, 0.3) is 0 Å². The number of piperidine rings is 1. The topological polar surface area (TPSA) is 66.5 Å². The zero-order chi connectivity index (χ0) is 16.5. The third-order valence-electron chi connectivity index (χ3n) is 4.31. The number of unbranched alkanes of at least 4 members (excludes halogenated alkanes) is 1. The monoisotopic (exact) mass is 320 g/mol. The molecule has 1 atom stereocenters. The van der Waals surface area contributed by atoms with E-state index in [-0.39, 0.29) is 6.03 Å². The molecule has 0 saturated carbocycles. The summed E-state index contributed by atoms with van der Waals surface area (Å²) in [5.74, 6) is 0.418. The summed E-state index contributed by atoms with van der Waals surface area (Å²) >= 11 is 0. The van der Waals surface area contributed by atoms with E-state index >= 15 is 0 Å². The summed E-state index contributed by atoms with van der Waals surface area (Å²) in [6.07, 6.45) is 7.72. The van der Waals surface area contributed by atoms with Crippen LogP contribution < -0.4 is 15.4 Å². The Hall–Kier alpha value is -1.82. The maximum Gasteiger partial charge on any atom is 0.319 e. The predicted octanol–water partition coefficient (Wildman–Crippen LogP) is 2.87. The van der Waals surface area contributed by atoms with Crippen LogP contribution in [0.25, 0.3) is 0 Å². The van der Waals surface area contributed by atoms with Crippen molar-refractivity contribution in [2.75, 3.05) is 32.1 Å². The van der Waals surface area contributed by atoms with Crippen LogP contribution in [0.2, 0.25) is 0 Å². The number of ether oxygens (including phenoxy) is 1. The van der Waals surface area contributed by atoms with Crippen LogP contribution >= 0.6 is 0 Å². The Morgan fingerprint density at radius 1 is 1.43 bits per heavy atom. The Balaban J connectivity index is 1.61. The first kappa shape index (κ1) is 17.5. The second kappa shape index (κ2) is 9.35. The van der Waals surface area contributed by atoms with Crippen LogP contribution in [0.1, 0.15) is 39.0 Å². The number of carbonyl (C=O) groups is 1. The third kappa shape index (κ3) is 5.71. The molecule has 0 radical (unpaired) electrons. The largest absolute Gasteiger partial charge is 0.480 e. The molecule has 2 amide bonds. The Bertz CT molecular complexity index is 495. The van der Waals surface area contributed by atoms with E-state index in [0.717, 1.165) is 19.4 Å².